The summed E-state index contributed by atoms with van der Waals surface area (Å²) in [4.78, 5) is 22.7. The number of nitrogens with zero attached hydrogens (tertiary/aromatic N) is 2. The highest BCUT2D eigenvalue weighted by Gasteiger charge is 2.26. The number of aromatic amines is 1. The molecule has 1 aliphatic heterocycles. The van der Waals surface area contributed by atoms with Crippen LogP contribution >= 0.6 is 11.3 Å². The molecule has 0 atom stereocenters. The van der Waals surface area contributed by atoms with Crippen LogP contribution < -0.4 is 10.3 Å². The Bertz CT molecular complexity index is 1480. The van der Waals surface area contributed by atoms with Crippen molar-refractivity contribution in [3.8, 4) is 28.4 Å². The minimum absolute atomic E-state index is 0.0106. The molecule has 4 heterocycles. The third-order valence-electron chi connectivity index (χ3n) is 5.71. The molecule has 0 bridgehead atoms. The second-order valence-corrected chi connectivity index (χ2v) is 8.05. The minimum Gasteiger partial charge on any atom is -0.496 e. The molecule has 0 saturated heterocycles. The Morgan fingerprint density at radius 1 is 1.10 bits per heavy atom. The summed E-state index contributed by atoms with van der Waals surface area (Å²) in [6, 6.07) is 16.1. The number of aromatic nitrogens is 3. The summed E-state index contributed by atoms with van der Waals surface area (Å²) in [5.74, 6) is 1.49. The van der Waals surface area contributed by atoms with E-state index >= 15 is 0 Å². The summed E-state index contributed by atoms with van der Waals surface area (Å²) in [6.07, 6.45) is 0.813. The van der Waals surface area contributed by atoms with Crippen molar-refractivity contribution >= 4 is 32.5 Å². The molecule has 0 spiro atoms. The molecular formula is C23H17N3O2S. The number of benzene rings is 2. The van der Waals surface area contributed by atoms with Gasteiger partial charge in [-0.3, -0.25) is 9.36 Å². The summed E-state index contributed by atoms with van der Waals surface area (Å²) in [6.45, 7) is 0.632. The number of aryl methyl sites for hydroxylation is 1. The third-order valence-corrected chi connectivity index (χ3v) is 6.59. The first-order valence-corrected chi connectivity index (χ1v) is 10.4. The van der Waals surface area contributed by atoms with E-state index in [1.54, 1.807) is 7.11 Å². The highest BCUT2D eigenvalue weighted by atomic mass is 32.1. The fraction of sp³-hybridized carbons (Fsp3) is 0.130. The summed E-state index contributed by atoms with van der Waals surface area (Å²) in [7, 11) is 1.65. The lowest BCUT2D eigenvalue weighted by Crippen LogP contribution is -2.27. The Labute approximate surface area is 170 Å². The van der Waals surface area contributed by atoms with Crippen LogP contribution in [0.15, 0.2) is 58.7 Å². The van der Waals surface area contributed by atoms with Crippen LogP contribution in [0, 0.1) is 0 Å². The molecule has 29 heavy (non-hydrogen) atoms. The zero-order valence-electron chi connectivity index (χ0n) is 15.7. The third kappa shape index (κ3) is 2.26. The lowest BCUT2D eigenvalue weighted by atomic mass is 10.0. The molecule has 1 aliphatic rings. The van der Waals surface area contributed by atoms with E-state index in [2.05, 4.69) is 17.1 Å². The van der Waals surface area contributed by atoms with Gasteiger partial charge in [0.15, 0.2) is 5.82 Å². The van der Waals surface area contributed by atoms with Crippen LogP contribution in [-0.2, 0) is 13.0 Å². The van der Waals surface area contributed by atoms with Gasteiger partial charge in [-0.25, -0.2) is 4.98 Å². The predicted octanol–water partition coefficient (Wildman–Crippen LogP) is 4.84. The van der Waals surface area contributed by atoms with Crippen LogP contribution in [0.2, 0.25) is 0 Å². The molecule has 1 N–H and O–H groups in total. The SMILES string of the molecule is COc1ccccc1-c1csc2nc3n(c(=O)c12)CCc1c-3[nH]c2ccccc12. The summed E-state index contributed by atoms with van der Waals surface area (Å²) in [5, 5.41) is 3.89. The van der Waals surface area contributed by atoms with Crippen LogP contribution in [0.1, 0.15) is 5.56 Å². The maximum absolute atomic E-state index is 13.5. The topological polar surface area (TPSA) is 59.9 Å². The average molecular weight is 399 g/mol. The monoisotopic (exact) mass is 399 g/mol. The van der Waals surface area contributed by atoms with Crippen molar-refractivity contribution in [3.05, 3.63) is 69.8 Å². The van der Waals surface area contributed by atoms with Crippen molar-refractivity contribution in [2.24, 2.45) is 0 Å². The molecule has 2 aromatic carbocycles. The van der Waals surface area contributed by atoms with E-state index in [4.69, 9.17) is 9.72 Å². The molecule has 0 amide bonds. The van der Waals surface area contributed by atoms with Gasteiger partial charge in [-0.1, -0.05) is 36.4 Å². The van der Waals surface area contributed by atoms with Crippen LogP contribution in [0.25, 0.3) is 43.8 Å². The second kappa shape index (κ2) is 6.06. The number of thiophene rings is 1. The molecule has 3 aromatic heterocycles. The van der Waals surface area contributed by atoms with Gasteiger partial charge in [0.25, 0.3) is 5.56 Å². The fourth-order valence-corrected chi connectivity index (χ4v) is 5.29. The quantitative estimate of drug-likeness (QED) is 0.462. The highest BCUT2D eigenvalue weighted by Crippen LogP contribution is 2.39. The van der Waals surface area contributed by atoms with Gasteiger partial charge < -0.3 is 9.72 Å². The molecule has 5 nitrogen and oxygen atoms in total. The zero-order chi connectivity index (χ0) is 19.5. The molecule has 0 radical (unpaired) electrons. The second-order valence-electron chi connectivity index (χ2n) is 7.20. The molecule has 5 aromatic rings. The normalized spacial score (nSPS) is 12.9. The first kappa shape index (κ1) is 16.6. The summed E-state index contributed by atoms with van der Waals surface area (Å²) in [5.41, 5.74) is 5.11. The van der Waals surface area contributed by atoms with Crippen LogP contribution in [0.4, 0.5) is 0 Å². The standard InChI is InChI=1S/C23H17N3O2S/c1-28-18-9-5-3-7-14(18)16-12-29-22-19(16)23(27)26-11-10-15-13-6-2-4-8-17(13)24-20(15)21(26)25-22/h2-9,12,24H,10-11H2,1H3. The van der Waals surface area contributed by atoms with Gasteiger partial charge in [0.1, 0.15) is 10.6 Å². The van der Waals surface area contributed by atoms with Crippen LogP contribution in [0.5, 0.6) is 5.75 Å². The van der Waals surface area contributed by atoms with E-state index in [-0.39, 0.29) is 5.56 Å². The van der Waals surface area contributed by atoms with E-state index in [0.29, 0.717) is 11.9 Å². The maximum atomic E-state index is 13.5. The minimum atomic E-state index is 0.0106. The Balaban J connectivity index is 1.64. The molecule has 0 fully saturated rings. The number of rotatable bonds is 2. The Hall–Kier alpha value is -3.38. The number of hydrogen-bond acceptors (Lipinski definition) is 4. The molecule has 0 unspecified atom stereocenters. The zero-order valence-corrected chi connectivity index (χ0v) is 16.5. The van der Waals surface area contributed by atoms with Gasteiger partial charge in [-0.15, -0.1) is 11.3 Å². The number of methoxy groups -OCH3 is 1. The predicted molar refractivity (Wildman–Crippen MR) is 117 cm³/mol. The molecule has 0 saturated carbocycles. The lowest BCUT2D eigenvalue weighted by Gasteiger charge is -2.18. The summed E-state index contributed by atoms with van der Waals surface area (Å²) >= 11 is 1.50. The van der Waals surface area contributed by atoms with Crippen molar-refractivity contribution in [2.75, 3.05) is 7.11 Å². The van der Waals surface area contributed by atoms with E-state index in [1.807, 2.05) is 46.3 Å². The van der Waals surface area contributed by atoms with Crippen molar-refractivity contribution in [3.63, 3.8) is 0 Å². The molecular weight excluding hydrogens is 382 g/mol. The Kier molecular flexibility index (Phi) is 3.46. The number of ether oxygens (including phenoxy) is 1. The van der Waals surface area contributed by atoms with Crippen molar-refractivity contribution in [1.82, 2.24) is 14.5 Å². The number of H-pyrrole nitrogens is 1. The highest BCUT2D eigenvalue weighted by molar-refractivity contribution is 7.17. The van der Waals surface area contributed by atoms with Crippen molar-refractivity contribution in [2.45, 2.75) is 13.0 Å². The van der Waals surface area contributed by atoms with Crippen LogP contribution in [-0.4, -0.2) is 21.6 Å². The van der Waals surface area contributed by atoms with E-state index < -0.39 is 0 Å². The lowest BCUT2D eigenvalue weighted by molar-refractivity contribution is 0.416. The molecule has 0 aliphatic carbocycles. The number of fused-ring (bicyclic) bond motifs is 6. The largest absolute Gasteiger partial charge is 0.496 e. The maximum Gasteiger partial charge on any atom is 0.263 e. The van der Waals surface area contributed by atoms with E-state index in [0.717, 1.165) is 45.2 Å². The van der Waals surface area contributed by atoms with E-state index in [1.165, 1.54) is 22.3 Å². The van der Waals surface area contributed by atoms with Gasteiger partial charge in [0, 0.05) is 34.0 Å². The van der Waals surface area contributed by atoms with Crippen LogP contribution in [0.3, 0.4) is 0 Å². The van der Waals surface area contributed by atoms with E-state index in [9.17, 15) is 4.79 Å². The number of hydrogen-bond donors (Lipinski definition) is 1. The Morgan fingerprint density at radius 2 is 1.93 bits per heavy atom. The average Bonchev–Trinajstić information content (AvgIpc) is 3.35. The van der Waals surface area contributed by atoms with Gasteiger partial charge in [0.2, 0.25) is 0 Å². The molecule has 6 heteroatoms. The number of nitrogens with one attached hydrogen (secondary N) is 1. The van der Waals surface area contributed by atoms with Gasteiger partial charge >= 0.3 is 0 Å². The van der Waals surface area contributed by atoms with Gasteiger partial charge in [-0.2, -0.15) is 0 Å². The van der Waals surface area contributed by atoms with Gasteiger partial charge in [0.05, 0.1) is 18.2 Å². The molecule has 142 valence electrons. The van der Waals surface area contributed by atoms with Gasteiger partial charge in [-0.05, 0) is 24.1 Å². The first-order valence-electron chi connectivity index (χ1n) is 9.51. The number of para-hydroxylation sites is 2. The molecule has 6 rings (SSSR count). The van der Waals surface area contributed by atoms with Crippen molar-refractivity contribution < 1.29 is 4.74 Å². The Morgan fingerprint density at radius 3 is 2.83 bits per heavy atom. The fourth-order valence-electron chi connectivity index (χ4n) is 4.36. The first-order chi connectivity index (χ1) is 14.3. The smallest absolute Gasteiger partial charge is 0.263 e. The summed E-state index contributed by atoms with van der Waals surface area (Å²) < 4.78 is 7.33. The van der Waals surface area contributed by atoms with Crippen molar-refractivity contribution in [1.29, 1.82) is 0 Å².